The van der Waals surface area contributed by atoms with Crippen LogP contribution in [0.2, 0.25) is 0 Å². The van der Waals surface area contributed by atoms with E-state index in [0.29, 0.717) is 38.5 Å². The van der Waals surface area contributed by atoms with Crippen molar-refractivity contribution in [3.8, 4) is 0 Å². The van der Waals surface area contributed by atoms with Crippen LogP contribution in [-0.2, 0) is 9.53 Å². The highest BCUT2D eigenvalue weighted by Crippen LogP contribution is 2.21. The van der Waals surface area contributed by atoms with Gasteiger partial charge in [0.2, 0.25) is 5.91 Å². The largest absolute Gasteiger partial charge is 0.394 e. The summed E-state index contributed by atoms with van der Waals surface area (Å²) in [5.74, 6) is 0.225. The molecule has 5 heteroatoms. The number of ether oxygens (including phenoxy) is 1. The molecule has 0 bridgehead atoms. The van der Waals surface area contributed by atoms with Gasteiger partial charge in [-0.1, -0.05) is 13.8 Å². The molecule has 1 amide bonds. The molecule has 18 heavy (non-hydrogen) atoms. The summed E-state index contributed by atoms with van der Waals surface area (Å²) in [5, 5.41) is 12.5. The number of hydrogen-bond donors (Lipinski definition) is 3. The Morgan fingerprint density at radius 1 is 1.44 bits per heavy atom. The van der Waals surface area contributed by atoms with E-state index in [0.717, 1.165) is 6.42 Å². The molecular weight excluding hydrogens is 232 g/mol. The van der Waals surface area contributed by atoms with Gasteiger partial charge in [-0.2, -0.15) is 0 Å². The molecule has 1 unspecified atom stereocenters. The molecule has 0 aromatic heterocycles. The Bertz CT molecular complexity index is 263. The zero-order valence-electron chi connectivity index (χ0n) is 11.4. The first-order valence-corrected chi connectivity index (χ1v) is 6.73. The summed E-state index contributed by atoms with van der Waals surface area (Å²) in [6.45, 7) is 5.62. The summed E-state index contributed by atoms with van der Waals surface area (Å²) in [7, 11) is 0. The third-order valence-electron chi connectivity index (χ3n) is 3.55. The predicted molar refractivity (Wildman–Crippen MR) is 70.0 cm³/mol. The quantitative estimate of drug-likeness (QED) is 0.638. The number of carbonyl (C=O) groups is 1. The van der Waals surface area contributed by atoms with Crippen molar-refractivity contribution in [1.29, 1.82) is 0 Å². The molecule has 0 saturated carbocycles. The Morgan fingerprint density at radius 3 is 2.50 bits per heavy atom. The number of hydrogen-bond acceptors (Lipinski definition) is 4. The van der Waals surface area contributed by atoms with Crippen molar-refractivity contribution in [1.82, 2.24) is 5.32 Å². The Morgan fingerprint density at radius 2 is 2.06 bits per heavy atom. The van der Waals surface area contributed by atoms with Crippen LogP contribution in [0, 0.1) is 11.8 Å². The van der Waals surface area contributed by atoms with E-state index in [1.807, 2.05) is 0 Å². The molecule has 5 nitrogen and oxygen atoms in total. The van der Waals surface area contributed by atoms with Crippen molar-refractivity contribution in [3.63, 3.8) is 0 Å². The molecule has 0 aromatic carbocycles. The average Bonchev–Trinajstić information content (AvgIpc) is 2.36. The number of rotatable bonds is 6. The smallest absolute Gasteiger partial charge is 0.224 e. The van der Waals surface area contributed by atoms with Crippen LogP contribution in [0.5, 0.6) is 0 Å². The van der Waals surface area contributed by atoms with Crippen molar-refractivity contribution < 1.29 is 14.6 Å². The molecular formula is C13H26N2O3. The Kier molecular flexibility index (Phi) is 6.05. The maximum Gasteiger partial charge on any atom is 0.224 e. The number of amides is 1. The van der Waals surface area contributed by atoms with Crippen molar-refractivity contribution in [3.05, 3.63) is 0 Å². The second kappa shape index (κ2) is 7.07. The van der Waals surface area contributed by atoms with Crippen LogP contribution in [-0.4, -0.2) is 42.9 Å². The molecule has 1 rings (SSSR count). The molecule has 1 fully saturated rings. The van der Waals surface area contributed by atoms with E-state index in [2.05, 4.69) is 19.2 Å². The topological polar surface area (TPSA) is 84.6 Å². The van der Waals surface area contributed by atoms with Gasteiger partial charge < -0.3 is 20.9 Å². The van der Waals surface area contributed by atoms with Gasteiger partial charge in [-0.05, 0) is 25.2 Å². The van der Waals surface area contributed by atoms with Crippen LogP contribution < -0.4 is 11.1 Å². The van der Waals surface area contributed by atoms with E-state index in [9.17, 15) is 9.90 Å². The monoisotopic (exact) mass is 258 g/mol. The first-order chi connectivity index (χ1) is 8.53. The third kappa shape index (κ3) is 4.23. The Labute approximate surface area is 109 Å². The highest BCUT2D eigenvalue weighted by Gasteiger charge is 2.35. The first kappa shape index (κ1) is 15.4. The number of nitrogens with one attached hydrogen (secondary N) is 1. The normalized spacial score (nSPS) is 20.7. The number of nitrogens with two attached hydrogens (primary N) is 1. The highest BCUT2D eigenvalue weighted by molar-refractivity contribution is 5.79. The number of aliphatic hydroxyl groups is 1. The van der Waals surface area contributed by atoms with Gasteiger partial charge in [-0.3, -0.25) is 4.79 Å². The predicted octanol–water partition coefficient (Wildman–Crippen LogP) is 0.265. The van der Waals surface area contributed by atoms with Gasteiger partial charge in [0.05, 0.1) is 18.1 Å². The lowest BCUT2D eigenvalue weighted by Gasteiger charge is -2.37. The van der Waals surface area contributed by atoms with Crippen LogP contribution in [0.3, 0.4) is 0 Å². The van der Waals surface area contributed by atoms with E-state index in [1.54, 1.807) is 0 Å². The molecule has 1 aliphatic rings. The Hall–Kier alpha value is -0.650. The van der Waals surface area contributed by atoms with Crippen LogP contribution in [0.25, 0.3) is 0 Å². The molecule has 1 saturated heterocycles. The average molecular weight is 258 g/mol. The van der Waals surface area contributed by atoms with Gasteiger partial charge in [0.15, 0.2) is 0 Å². The lowest BCUT2D eigenvalue weighted by Crippen LogP contribution is -2.56. The summed E-state index contributed by atoms with van der Waals surface area (Å²) in [6, 6.07) is 0. The van der Waals surface area contributed by atoms with Crippen LogP contribution in [0.1, 0.15) is 33.1 Å². The van der Waals surface area contributed by atoms with E-state index in [4.69, 9.17) is 10.5 Å². The lowest BCUT2D eigenvalue weighted by atomic mass is 9.89. The summed E-state index contributed by atoms with van der Waals surface area (Å²) in [6.07, 6.45) is 2.10. The fraction of sp³-hybridized carbons (Fsp3) is 0.923. The summed E-state index contributed by atoms with van der Waals surface area (Å²) < 4.78 is 5.27. The van der Waals surface area contributed by atoms with Crippen molar-refractivity contribution >= 4 is 5.91 Å². The van der Waals surface area contributed by atoms with E-state index in [-0.39, 0.29) is 18.4 Å². The lowest BCUT2D eigenvalue weighted by molar-refractivity contribution is -0.129. The van der Waals surface area contributed by atoms with Crippen LogP contribution in [0.15, 0.2) is 0 Å². The fourth-order valence-electron chi connectivity index (χ4n) is 2.33. The van der Waals surface area contributed by atoms with Gasteiger partial charge in [0.25, 0.3) is 0 Å². The molecule has 1 aliphatic heterocycles. The minimum Gasteiger partial charge on any atom is -0.394 e. The second-order valence-electron chi connectivity index (χ2n) is 5.60. The SMILES string of the molecule is CC(C)CC(CN)C(=O)NC1(CO)CCOCC1. The third-order valence-corrected chi connectivity index (χ3v) is 3.55. The standard InChI is InChI=1S/C13H26N2O3/c1-10(2)7-11(8-14)12(17)15-13(9-16)3-5-18-6-4-13/h10-11,16H,3-9,14H2,1-2H3,(H,15,17). The first-order valence-electron chi connectivity index (χ1n) is 6.73. The van der Waals surface area contributed by atoms with Crippen molar-refractivity contribution in [2.24, 2.45) is 17.6 Å². The zero-order chi connectivity index (χ0) is 13.6. The van der Waals surface area contributed by atoms with Gasteiger partial charge in [0, 0.05) is 19.8 Å². The molecule has 1 heterocycles. The molecule has 0 aromatic rings. The maximum absolute atomic E-state index is 12.2. The van der Waals surface area contributed by atoms with Gasteiger partial charge >= 0.3 is 0 Å². The summed E-state index contributed by atoms with van der Waals surface area (Å²) in [4.78, 5) is 12.2. The summed E-state index contributed by atoms with van der Waals surface area (Å²) >= 11 is 0. The molecule has 0 spiro atoms. The van der Waals surface area contributed by atoms with Crippen LogP contribution >= 0.6 is 0 Å². The van der Waals surface area contributed by atoms with Crippen molar-refractivity contribution in [2.45, 2.75) is 38.6 Å². The molecule has 0 aliphatic carbocycles. The van der Waals surface area contributed by atoms with E-state index in [1.165, 1.54) is 0 Å². The molecule has 0 radical (unpaired) electrons. The van der Waals surface area contributed by atoms with Crippen molar-refractivity contribution in [2.75, 3.05) is 26.4 Å². The minimum atomic E-state index is -0.514. The van der Waals surface area contributed by atoms with Gasteiger partial charge in [-0.15, -0.1) is 0 Å². The molecule has 106 valence electrons. The van der Waals surface area contributed by atoms with Gasteiger partial charge in [0.1, 0.15) is 0 Å². The van der Waals surface area contributed by atoms with Crippen LogP contribution in [0.4, 0.5) is 0 Å². The second-order valence-corrected chi connectivity index (χ2v) is 5.60. The number of carbonyl (C=O) groups excluding carboxylic acids is 1. The number of aliphatic hydroxyl groups excluding tert-OH is 1. The molecule has 4 N–H and O–H groups in total. The Balaban J connectivity index is 2.59. The molecule has 1 atom stereocenters. The van der Waals surface area contributed by atoms with E-state index >= 15 is 0 Å². The maximum atomic E-state index is 12.2. The van der Waals surface area contributed by atoms with E-state index < -0.39 is 5.54 Å². The summed E-state index contributed by atoms with van der Waals surface area (Å²) in [5.41, 5.74) is 5.15. The van der Waals surface area contributed by atoms with Gasteiger partial charge in [-0.25, -0.2) is 0 Å². The minimum absolute atomic E-state index is 0.0397. The zero-order valence-corrected chi connectivity index (χ0v) is 11.4. The highest BCUT2D eigenvalue weighted by atomic mass is 16.5. The fourth-order valence-corrected chi connectivity index (χ4v) is 2.33.